The van der Waals surface area contributed by atoms with E-state index in [2.05, 4.69) is 10.6 Å². The molecule has 0 saturated heterocycles. The average Bonchev–Trinajstić information content (AvgIpc) is 2.43. The monoisotopic (exact) mass is 249 g/mol. The number of carbonyl (C=O) groups is 2. The molecule has 1 unspecified atom stereocenters. The summed E-state index contributed by atoms with van der Waals surface area (Å²) in [7, 11) is 0. The van der Waals surface area contributed by atoms with E-state index in [0.29, 0.717) is 0 Å². The zero-order valence-electron chi connectivity index (χ0n) is 10.5. The lowest BCUT2D eigenvalue weighted by molar-refractivity contribution is -0.125. The molecule has 0 aliphatic heterocycles. The highest BCUT2D eigenvalue weighted by molar-refractivity contribution is 5.85. The summed E-state index contributed by atoms with van der Waals surface area (Å²) in [5, 5.41) is 5.30. The van der Waals surface area contributed by atoms with Gasteiger partial charge in [0, 0.05) is 0 Å². The van der Waals surface area contributed by atoms with E-state index in [0.717, 1.165) is 12.0 Å². The van der Waals surface area contributed by atoms with Crippen LogP contribution in [0.5, 0.6) is 0 Å². The average molecular weight is 249 g/mol. The van der Waals surface area contributed by atoms with Crippen LogP contribution in [-0.2, 0) is 9.59 Å². The van der Waals surface area contributed by atoms with Gasteiger partial charge in [-0.25, -0.2) is 0 Å². The molecule has 18 heavy (non-hydrogen) atoms. The molecule has 4 N–H and O–H groups in total. The fourth-order valence-electron chi connectivity index (χ4n) is 1.60. The number of nitrogens with one attached hydrogen (secondary N) is 2. The van der Waals surface area contributed by atoms with Gasteiger partial charge in [0.2, 0.25) is 11.8 Å². The van der Waals surface area contributed by atoms with Gasteiger partial charge in [-0.3, -0.25) is 9.59 Å². The summed E-state index contributed by atoms with van der Waals surface area (Å²) >= 11 is 0. The smallest absolute Gasteiger partial charge is 0.239 e. The summed E-state index contributed by atoms with van der Waals surface area (Å²) in [6.45, 7) is 1.85. The molecule has 0 bridgehead atoms. The lowest BCUT2D eigenvalue weighted by atomic mass is 10.0. The van der Waals surface area contributed by atoms with Crippen molar-refractivity contribution in [3.63, 3.8) is 0 Å². The normalized spacial score (nSPS) is 11.7. The van der Waals surface area contributed by atoms with Crippen LogP contribution in [0.3, 0.4) is 0 Å². The number of hydrogen-bond acceptors (Lipinski definition) is 3. The SMILES string of the molecule is CCC(NC(=O)CNC(=O)CN)c1ccccc1. The standard InChI is InChI=1S/C13H19N3O2/c1-2-11(10-6-4-3-5-7-10)16-13(18)9-15-12(17)8-14/h3-7,11H,2,8-9,14H2,1H3,(H,15,17)(H,16,18). The van der Waals surface area contributed by atoms with Gasteiger partial charge in [0.15, 0.2) is 0 Å². The number of benzene rings is 1. The summed E-state index contributed by atoms with van der Waals surface area (Å²) in [6, 6.07) is 9.69. The highest BCUT2D eigenvalue weighted by atomic mass is 16.2. The van der Waals surface area contributed by atoms with Crippen LogP contribution in [-0.4, -0.2) is 24.9 Å². The molecule has 5 heteroatoms. The molecule has 0 saturated carbocycles. The predicted molar refractivity (Wildman–Crippen MR) is 69.7 cm³/mol. The first kappa shape index (κ1) is 14.2. The van der Waals surface area contributed by atoms with Crippen molar-refractivity contribution in [2.24, 2.45) is 5.73 Å². The Balaban J connectivity index is 2.49. The molecular weight excluding hydrogens is 230 g/mol. The largest absolute Gasteiger partial charge is 0.348 e. The Morgan fingerprint density at radius 3 is 2.44 bits per heavy atom. The number of hydrogen-bond donors (Lipinski definition) is 3. The van der Waals surface area contributed by atoms with E-state index < -0.39 is 0 Å². The van der Waals surface area contributed by atoms with E-state index in [4.69, 9.17) is 5.73 Å². The number of nitrogens with two attached hydrogens (primary N) is 1. The van der Waals surface area contributed by atoms with Crippen LogP contribution in [0.25, 0.3) is 0 Å². The molecule has 2 amide bonds. The lowest BCUT2D eigenvalue weighted by Crippen LogP contribution is -2.40. The van der Waals surface area contributed by atoms with Gasteiger partial charge < -0.3 is 16.4 Å². The highest BCUT2D eigenvalue weighted by Crippen LogP contribution is 2.15. The summed E-state index contributed by atoms with van der Waals surface area (Å²) in [6.07, 6.45) is 0.792. The van der Waals surface area contributed by atoms with E-state index in [9.17, 15) is 9.59 Å². The van der Waals surface area contributed by atoms with Crippen molar-refractivity contribution in [3.05, 3.63) is 35.9 Å². The Hall–Kier alpha value is -1.88. The maximum absolute atomic E-state index is 11.6. The highest BCUT2D eigenvalue weighted by Gasteiger charge is 2.12. The van der Waals surface area contributed by atoms with Gasteiger partial charge in [-0.15, -0.1) is 0 Å². The molecule has 1 rings (SSSR count). The molecule has 0 spiro atoms. The van der Waals surface area contributed by atoms with Crippen molar-refractivity contribution in [1.82, 2.24) is 10.6 Å². The molecular formula is C13H19N3O2. The Morgan fingerprint density at radius 2 is 1.89 bits per heavy atom. The van der Waals surface area contributed by atoms with Crippen LogP contribution in [0.4, 0.5) is 0 Å². The Kier molecular flexibility index (Phi) is 5.87. The van der Waals surface area contributed by atoms with Crippen molar-refractivity contribution in [2.45, 2.75) is 19.4 Å². The van der Waals surface area contributed by atoms with Crippen molar-refractivity contribution < 1.29 is 9.59 Å². The third-order valence-corrected chi connectivity index (χ3v) is 2.58. The lowest BCUT2D eigenvalue weighted by Gasteiger charge is -2.17. The molecule has 5 nitrogen and oxygen atoms in total. The quantitative estimate of drug-likeness (QED) is 0.679. The van der Waals surface area contributed by atoms with E-state index in [1.54, 1.807) is 0 Å². The van der Waals surface area contributed by atoms with Crippen LogP contribution in [0.1, 0.15) is 24.9 Å². The predicted octanol–water partition coefficient (Wildman–Crippen LogP) is 0.329. The van der Waals surface area contributed by atoms with E-state index in [1.807, 2.05) is 37.3 Å². The summed E-state index contributed by atoms with van der Waals surface area (Å²) in [5.41, 5.74) is 6.19. The Labute approximate surface area is 107 Å². The first-order valence-corrected chi connectivity index (χ1v) is 5.98. The summed E-state index contributed by atoms with van der Waals surface area (Å²) in [4.78, 5) is 22.6. The summed E-state index contributed by atoms with van der Waals surface area (Å²) < 4.78 is 0. The van der Waals surface area contributed by atoms with Crippen LogP contribution in [0.15, 0.2) is 30.3 Å². The van der Waals surface area contributed by atoms with E-state index >= 15 is 0 Å². The van der Waals surface area contributed by atoms with Gasteiger partial charge in [-0.2, -0.15) is 0 Å². The molecule has 1 aromatic rings. The first-order chi connectivity index (χ1) is 8.67. The molecule has 98 valence electrons. The van der Waals surface area contributed by atoms with Gasteiger partial charge in [-0.1, -0.05) is 37.3 Å². The first-order valence-electron chi connectivity index (χ1n) is 5.98. The van der Waals surface area contributed by atoms with Crippen LogP contribution >= 0.6 is 0 Å². The van der Waals surface area contributed by atoms with Crippen molar-refractivity contribution in [1.29, 1.82) is 0 Å². The van der Waals surface area contributed by atoms with Gasteiger partial charge in [0.1, 0.15) is 0 Å². The zero-order valence-corrected chi connectivity index (χ0v) is 10.5. The van der Waals surface area contributed by atoms with Crippen molar-refractivity contribution in [3.8, 4) is 0 Å². The number of amides is 2. The molecule has 0 fully saturated rings. The topological polar surface area (TPSA) is 84.2 Å². The van der Waals surface area contributed by atoms with Crippen LogP contribution in [0.2, 0.25) is 0 Å². The zero-order chi connectivity index (χ0) is 13.4. The fraction of sp³-hybridized carbons (Fsp3) is 0.385. The minimum atomic E-state index is -0.335. The molecule has 0 aromatic heterocycles. The van der Waals surface area contributed by atoms with Crippen LogP contribution < -0.4 is 16.4 Å². The van der Waals surface area contributed by atoms with Crippen molar-refractivity contribution in [2.75, 3.05) is 13.1 Å². The molecule has 0 aliphatic carbocycles. The third-order valence-electron chi connectivity index (χ3n) is 2.58. The van der Waals surface area contributed by atoms with Crippen LogP contribution in [0, 0.1) is 0 Å². The number of rotatable bonds is 6. The Morgan fingerprint density at radius 1 is 1.22 bits per heavy atom. The van der Waals surface area contributed by atoms with E-state index in [-0.39, 0.29) is 30.9 Å². The van der Waals surface area contributed by atoms with Crippen molar-refractivity contribution >= 4 is 11.8 Å². The number of carbonyl (C=O) groups excluding carboxylic acids is 2. The minimum Gasteiger partial charge on any atom is -0.348 e. The third kappa shape index (κ3) is 4.55. The van der Waals surface area contributed by atoms with Gasteiger partial charge in [-0.05, 0) is 12.0 Å². The molecule has 1 aromatic carbocycles. The summed E-state index contributed by atoms with van der Waals surface area (Å²) in [5.74, 6) is -0.551. The van der Waals surface area contributed by atoms with Gasteiger partial charge in [0.25, 0.3) is 0 Å². The van der Waals surface area contributed by atoms with E-state index in [1.165, 1.54) is 0 Å². The second-order valence-corrected chi connectivity index (χ2v) is 3.92. The maximum Gasteiger partial charge on any atom is 0.239 e. The fourth-order valence-corrected chi connectivity index (χ4v) is 1.60. The Bertz CT molecular complexity index is 392. The molecule has 1 atom stereocenters. The molecule has 0 heterocycles. The second kappa shape index (κ2) is 7.45. The second-order valence-electron chi connectivity index (χ2n) is 3.92. The van der Waals surface area contributed by atoms with Gasteiger partial charge in [0.05, 0.1) is 19.1 Å². The molecule has 0 aliphatic rings. The maximum atomic E-state index is 11.6. The minimum absolute atomic E-state index is 0.0338. The molecule has 0 radical (unpaired) electrons. The van der Waals surface area contributed by atoms with Gasteiger partial charge >= 0.3 is 0 Å².